The largest absolute Gasteiger partial charge is 0.389 e. The standard InChI is InChI=1S/C15H9Cl2N5O/c16-11-2-1-3-12(17)13(11)20-15-22-21-14(23-15)19-10-6-4-9(8-18)5-7-10/h1-7H,(H,19,21)(H,20,22). The van der Waals surface area contributed by atoms with Crippen LogP contribution in [0.5, 0.6) is 0 Å². The van der Waals surface area contributed by atoms with Crippen molar-refractivity contribution in [3.05, 3.63) is 58.1 Å². The summed E-state index contributed by atoms with van der Waals surface area (Å²) < 4.78 is 5.43. The zero-order valence-electron chi connectivity index (χ0n) is 11.5. The van der Waals surface area contributed by atoms with Gasteiger partial charge in [-0.1, -0.05) is 39.5 Å². The fourth-order valence-electron chi connectivity index (χ4n) is 1.80. The predicted octanol–water partition coefficient (Wildman–Crippen LogP) is 4.74. The highest BCUT2D eigenvalue weighted by Gasteiger charge is 2.11. The molecule has 0 spiro atoms. The Morgan fingerprint density at radius 3 is 2.13 bits per heavy atom. The zero-order chi connectivity index (χ0) is 16.2. The van der Waals surface area contributed by atoms with Crippen LogP contribution in [-0.4, -0.2) is 10.2 Å². The van der Waals surface area contributed by atoms with Crippen molar-refractivity contribution in [2.24, 2.45) is 0 Å². The van der Waals surface area contributed by atoms with Crippen molar-refractivity contribution < 1.29 is 4.42 Å². The van der Waals surface area contributed by atoms with Gasteiger partial charge in [0, 0.05) is 5.69 Å². The maximum atomic E-state index is 8.77. The van der Waals surface area contributed by atoms with Crippen LogP contribution in [0.15, 0.2) is 46.9 Å². The summed E-state index contributed by atoms with van der Waals surface area (Å²) in [6.45, 7) is 0. The molecular formula is C15H9Cl2N5O. The first-order chi connectivity index (χ1) is 11.2. The van der Waals surface area contributed by atoms with Crippen molar-refractivity contribution in [3.8, 4) is 6.07 Å². The van der Waals surface area contributed by atoms with Crippen molar-refractivity contribution in [2.75, 3.05) is 10.6 Å². The number of aromatic nitrogens is 2. The highest BCUT2D eigenvalue weighted by molar-refractivity contribution is 6.39. The van der Waals surface area contributed by atoms with E-state index in [1.165, 1.54) is 0 Å². The van der Waals surface area contributed by atoms with E-state index in [4.69, 9.17) is 32.9 Å². The molecule has 114 valence electrons. The molecule has 0 atom stereocenters. The Hall–Kier alpha value is -2.75. The third-order valence-electron chi connectivity index (χ3n) is 2.88. The van der Waals surface area contributed by atoms with E-state index in [1.54, 1.807) is 42.5 Å². The minimum absolute atomic E-state index is 0.149. The van der Waals surface area contributed by atoms with E-state index in [1.807, 2.05) is 6.07 Å². The lowest BCUT2D eigenvalue weighted by molar-refractivity contribution is 0.591. The molecule has 6 nitrogen and oxygen atoms in total. The van der Waals surface area contributed by atoms with Crippen LogP contribution < -0.4 is 10.6 Å². The molecule has 1 heterocycles. The first-order valence-electron chi connectivity index (χ1n) is 6.47. The molecule has 0 aliphatic carbocycles. The topological polar surface area (TPSA) is 86.8 Å². The molecule has 3 aromatic rings. The van der Waals surface area contributed by atoms with E-state index in [0.29, 0.717) is 21.3 Å². The van der Waals surface area contributed by atoms with Crippen LogP contribution in [-0.2, 0) is 0 Å². The van der Waals surface area contributed by atoms with Crippen molar-refractivity contribution in [1.29, 1.82) is 5.26 Å². The van der Waals surface area contributed by atoms with E-state index >= 15 is 0 Å². The van der Waals surface area contributed by atoms with Gasteiger partial charge in [0.2, 0.25) is 0 Å². The van der Waals surface area contributed by atoms with E-state index in [9.17, 15) is 0 Å². The second-order valence-corrected chi connectivity index (χ2v) is 5.26. The fraction of sp³-hybridized carbons (Fsp3) is 0. The minimum atomic E-state index is 0.149. The molecule has 23 heavy (non-hydrogen) atoms. The van der Waals surface area contributed by atoms with Gasteiger partial charge in [-0.3, -0.25) is 0 Å². The van der Waals surface area contributed by atoms with Crippen molar-refractivity contribution in [2.45, 2.75) is 0 Å². The van der Waals surface area contributed by atoms with E-state index in [-0.39, 0.29) is 12.0 Å². The van der Waals surface area contributed by atoms with Gasteiger partial charge in [0.1, 0.15) is 0 Å². The van der Waals surface area contributed by atoms with E-state index < -0.39 is 0 Å². The molecule has 8 heteroatoms. The Morgan fingerprint density at radius 1 is 0.913 bits per heavy atom. The summed E-state index contributed by atoms with van der Waals surface area (Å²) in [7, 11) is 0. The monoisotopic (exact) mass is 345 g/mol. The second kappa shape index (κ2) is 6.57. The molecule has 0 radical (unpaired) electrons. The van der Waals surface area contributed by atoms with Crippen LogP contribution in [0.4, 0.5) is 23.4 Å². The van der Waals surface area contributed by atoms with Gasteiger partial charge in [-0.25, -0.2) is 0 Å². The summed E-state index contributed by atoms with van der Waals surface area (Å²) in [5.41, 5.74) is 1.77. The fourth-order valence-corrected chi connectivity index (χ4v) is 2.29. The summed E-state index contributed by atoms with van der Waals surface area (Å²) in [6, 6.07) is 14.4. The van der Waals surface area contributed by atoms with Crippen LogP contribution in [0.1, 0.15) is 5.56 Å². The summed E-state index contributed by atoms with van der Waals surface area (Å²) >= 11 is 12.1. The van der Waals surface area contributed by atoms with Gasteiger partial charge >= 0.3 is 12.0 Å². The molecule has 0 aliphatic heterocycles. The predicted molar refractivity (Wildman–Crippen MR) is 88.5 cm³/mol. The van der Waals surface area contributed by atoms with Gasteiger partial charge in [0.05, 0.1) is 27.4 Å². The second-order valence-electron chi connectivity index (χ2n) is 4.45. The third-order valence-corrected chi connectivity index (χ3v) is 3.51. The number of nitrogens with zero attached hydrogens (tertiary/aromatic N) is 3. The molecule has 0 fully saturated rings. The Morgan fingerprint density at radius 2 is 1.52 bits per heavy atom. The van der Waals surface area contributed by atoms with Gasteiger partial charge in [0.15, 0.2) is 0 Å². The van der Waals surface area contributed by atoms with Crippen LogP contribution >= 0.6 is 23.2 Å². The molecule has 0 bridgehead atoms. The average Bonchev–Trinajstić information content (AvgIpc) is 2.99. The normalized spacial score (nSPS) is 10.1. The number of para-hydroxylation sites is 1. The van der Waals surface area contributed by atoms with Crippen molar-refractivity contribution in [1.82, 2.24) is 10.2 Å². The molecule has 2 N–H and O–H groups in total. The lowest BCUT2D eigenvalue weighted by atomic mass is 10.2. The summed E-state index contributed by atoms with van der Waals surface area (Å²) in [4.78, 5) is 0. The van der Waals surface area contributed by atoms with Crippen LogP contribution in [0.2, 0.25) is 10.0 Å². The molecule has 3 rings (SSSR count). The number of halogens is 2. The Kier molecular flexibility index (Phi) is 4.33. The van der Waals surface area contributed by atoms with Crippen LogP contribution in [0.25, 0.3) is 0 Å². The van der Waals surface area contributed by atoms with Gasteiger partial charge in [-0.05, 0) is 36.4 Å². The number of nitrogens with one attached hydrogen (secondary N) is 2. The molecular weight excluding hydrogens is 337 g/mol. The number of hydrogen-bond donors (Lipinski definition) is 2. The molecule has 0 unspecified atom stereocenters. The average molecular weight is 346 g/mol. The van der Waals surface area contributed by atoms with E-state index in [2.05, 4.69) is 20.8 Å². The first-order valence-corrected chi connectivity index (χ1v) is 7.23. The van der Waals surface area contributed by atoms with Gasteiger partial charge in [0.25, 0.3) is 0 Å². The van der Waals surface area contributed by atoms with Gasteiger partial charge < -0.3 is 15.1 Å². The molecule has 1 aromatic heterocycles. The Bertz CT molecular complexity index is 850. The van der Waals surface area contributed by atoms with E-state index in [0.717, 1.165) is 5.69 Å². The summed E-state index contributed by atoms with van der Waals surface area (Å²) in [6.07, 6.45) is 0. The van der Waals surface area contributed by atoms with Crippen LogP contribution in [0.3, 0.4) is 0 Å². The first kappa shape index (κ1) is 15.2. The summed E-state index contributed by atoms with van der Waals surface area (Å²) in [5, 5.41) is 23.2. The number of hydrogen-bond acceptors (Lipinski definition) is 6. The highest BCUT2D eigenvalue weighted by atomic mass is 35.5. The van der Waals surface area contributed by atoms with Crippen LogP contribution in [0, 0.1) is 11.3 Å². The Labute approximate surface area is 141 Å². The molecule has 2 aromatic carbocycles. The summed E-state index contributed by atoms with van der Waals surface area (Å²) in [5.74, 6) is 0. The molecule has 0 aliphatic rings. The van der Waals surface area contributed by atoms with Crippen molar-refractivity contribution in [3.63, 3.8) is 0 Å². The molecule has 0 saturated heterocycles. The third kappa shape index (κ3) is 3.54. The smallest absolute Gasteiger partial charge is 0.321 e. The molecule has 0 amide bonds. The quantitative estimate of drug-likeness (QED) is 0.710. The molecule has 0 saturated carbocycles. The van der Waals surface area contributed by atoms with Crippen molar-refractivity contribution >= 4 is 46.6 Å². The number of rotatable bonds is 4. The highest BCUT2D eigenvalue weighted by Crippen LogP contribution is 2.32. The minimum Gasteiger partial charge on any atom is -0.389 e. The van der Waals surface area contributed by atoms with Gasteiger partial charge in [-0.15, -0.1) is 0 Å². The lowest BCUT2D eigenvalue weighted by Gasteiger charge is -2.05. The maximum absolute atomic E-state index is 8.77. The zero-order valence-corrected chi connectivity index (χ0v) is 13.1. The Balaban J connectivity index is 1.74. The number of nitriles is 1. The number of benzene rings is 2. The maximum Gasteiger partial charge on any atom is 0.321 e. The lowest BCUT2D eigenvalue weighted by Crippen LogP contribution is -1.92. The number of anilines is 4. The SMILES string of the molecule is N#Cc1ccc(Nc2nnc(Nc3c(Cl)cccc3Cl)o2)cc1. The van der Waals surface area contributed by atoms with Gasteiger partial charge in [-0.2, -0.15) is 5.26 Å².